The molecule has 28 heavy (non-hydrogen) atoms. The Bertz CT molecular complexity index is 599. The van der Waals surface area contributed by atoms with Gasteiger partial charge in [0.15, 0.2) is 5.78 Å². The van der Waals surface area contributed by atoms with Gasteiger partial charge in [0, 0.05) is 12.8 Å². The summed E-state index contributed by atoms with van der Waals surface area (Å²) in [6.07, 6.45) is 15.8. The molecule has 158 valence electrons. The first kappa shape index (κ1) is 26.1. The Morgan fingerprint density at radius 3 is 2.25 bits per heavy atom. The van der Waals surface area contributed by atoms with Crippen molar-refractivity contribution < 1.29 is 14.7 Å². The zero-order valence-electron chi connectivity index (χ0n) is 18.6. The van der Waals surface area contributed by atoms with E-state index >= 15 is 0 Å². The molecule has 0 heterocycles. The fourth-order valence-electron chi connectivity index (χ4n) is 3.05. The Labute approximate surface area is 172 Å². The zero-order chi connectivity index (χ0) is 21.6. The summed E-state index contributed by atoms with van der Waals surface area (Å²) in [5.41, 5.74) is 3.98. The first-order valence-electron chi connectivity index (χ1n) is 10.4. The molecule has 3 nitrogen and oxygen atoms in total. The summed E-state index contributed by atoms with van der Waals surface area (Å²) in [7, 11) is 0. The molecule has 0 aliphatic heterocycles. The first-order valence-corrected chi connectivity index (χ1v) is 10.4. The van der Waals surface area contributed by atoms with Gasteiger partial charge in [0.1, 0.15) is 0 Å². The van der Waals surface area contributed by atoms with Crippen molar-refractivity contribution in [2.75, 3.05) is 0 Å². The van der Waals surface area contributed by atoms with Crippen LogP contribution in [0.25, 0.3) is 0 Å². The molecule has 0 saturated heterocycles. The van der Waals surface area contributed by atoms with Crippen molar-refractivity contribution >= 4 is 11.8 Å². The number of carbonyl (C=O) groups is 2. The van der Waals surface area contributed by atoms with Gasteiger partial charge >= 0.3 is 5.97 Å². The molecule has 0 spiro atoms. The van der Waals surface area contributed by atoms with Gasteiger partial charge in [-0.05, 0) is 76.7 Å². The van der Waals surface area contributed by atoms with Gasteiger partial charge < -0.3 is 5.11 Å². The number of ketones is 1. The van der Waals surface area contributed by atoms with Crippen molar-refractivity contribution in [3.8, 4) is 0 Å². The maximum atomic E-state index is 11.7. The van der Waals surface area contributed by atoms with E-state index in [1.165, 1.54) is 17.6 Å². The lowest BCUT2D eigenvalue weighted by Gasteiger charge is -2.29. The highest BCUT2D eigenvalue weighted by Crippen LogP contribution is 2.35. The van der Waals surface area contributed by atoms with Crippen molar-refractivity contribution in [3.05, 3.63) is 47.6 Å². The summed E-state index contributed by atoms with van der Waals surface area (Å²) < 4.78 is 0. The minimum atomic E-state index is -0.724. The molecule has 1 aliphatic carbocycles. The van der Waals surface area contributed by atoms with Crippen molar-refractivity contribution in [2.24, 2.45) is 5.41 Å². The minimum Gasteiger partial charge on any atom is -0.481 e. The summed E-state index contributed by atoms with van der Waals surface area (Å²) in [6, 6.07) is 0. The van der Waals surface area contributed by atoms with Gasteiger partial charge in [0.2, 0.25) is 0 Å². The Balaban J connectivity index is 0.000000521. The molecule has 1 aliphatic rings. The Morgan fingerprint density at radius 1 is 1.07 bits per heavy atom. The van der Waals surface area contributed by atoms with Gasteiger partial charge in [-0.1, -0.05) is 49.3 Å². The van der Waals surface area contributed by atoms with Crippen LogP contribution >= 0.6 is 0 Å². The highest BCUT2D eigenvalue weighted by molar-refractivity contribution is 5.95. The molecule has 0 atom stereocenters. The molecule has 0 unspecified atom stereocenters. The van der Waals surface area contributed by atoms with Crippen molar-refractivity contribution in [3.63, 3.8) is 0 Å². The van der Waals surface area contributed by atoms with Crippen LogP contribution in [-0.4, -0.2) is 16.9 Å². The standard InChI is InChI=1S/C13H20O.C12H20O2/c1-4-5-8-12(14)11-7-6-9-13(2,3)10-11;1-10(2)6-4-7-11(3)8-5-9-12(13)14/h4,7H,1,5-6,8-10H2,2-3H3;6,8H,4-5,7,9H2,1-3H3,(H,13,14)/b;11-8+. The maximum Gasteiger partial charge on any atom is 0.303 e. The Kier molecular flexibility index (Phi) is 13.2. The van der Waals surface area contributed by atoms with Crippen LogP contribution in [0.5, 0.6) is 0 Å². The molecule has 0 saturated carbocycles. The summed E-state index contributed by atoms with van der Waals surface area (Å²) in [6.45, 7) is 14.3. The van der Waals surface area contributed by atoms with E-state index in [1.54, 1.807) is 0 Å². The smallest absolute Gasteiger partial charge is 0.303 e. The van der Waals surface area contributed by atoms with Crippen LogP contribution in [0.1, 0.15) is 92.4 Å². The molecule has 3 heteroatoms. The van der Waals surface area contributed by atoms with E-state index in [1.807, 2.05) is 12.2 Å². The van der Waals surface area contributed by atoms with Crippen LogP contribution in [0.2, 0.25) is 0 Å². The largest absolute Gasteiger partial charge is 0.481 e. The normalized spacial score (nSPS) is 15.6. The van der Waals surface area contributed by atoms with E-state index in [-0.39, 0.29) is 6.42 Å². The lowest BCUT2D eigenvalue weighted by Crippen LogP contribution is -2.19. The highest BCUT2D eigenvalue weighted by Gasteiger charge is 2.25. The number of allylic oxidation sites excluding steroid dienone is 7. The lowest BCUT2D eigenvalue weighted by molar-refractivity contribution is -0.136. The van der Waals surface area contributed by atoms with Gasteiger partial charge in [-0.2, -0.15) is 0 Å². The highest BCUT2D eigenvalue weighted by atomic mass is 16.4. The SMILES string of the molecule is C=CCCC(=O)C1=CCCC(C)(C)C1.CC(C)=CCC/C(C)=C/CCC(=O)O. The zero-order valence-corrected chi connectivity index (χ0v) is 18.6. The van der Waals surface area contributed by atoms with E-state index < -0.39 is 5.97 Å². The number of rotatable bonds is 10. The molecule has 1 N–H and O–H groups in total. The molecule has 0 radical (unpaired) electrons. The number of carboxylic acid groups (broad SMARTS) is 1. The predicted octanol–water partition coefficient (Wildman–Crippen LogP) is 7.20. The third-order valence-electron chi connectivity index (χ3n) is 4.76. The van der Waals surface area contributed by atoms with Crippen molar-refractivity contribution in [1.82, 2.24) is 0 Å². The number of hydrogen-bond donors (Lipinski definition) is 1. The van der Waals surface area contributed by atoms with Crippen molar-refractivity contribution in [2.45, 2.75) is 92.4 Å². The van der Waals surface area contributed by atoms with E-state index in [2.05, 4.69) is 53.3 Å². The monoisotopic (exact) mass is 388 g/mol. The van der Waals surface area contributed by atoms with E-state index in [0.29, 0.717) is 24.0 Å². The molecule has 0 aromatic rings. The second-order valence-electron chi connectivity index (χ2n) is 8.66. The fraction of sp³-hybridized carbons (Fsp3) is 0.600. The third-order valence-corrected chi connectivity index (χ3v) is 4.76. The maximum absolute atomic E-state index is 11.7. The van der Waals surface area contributed by atoms with Crippen LogP contribution in [0, 0.1) is 5.41 Å². The van der Waals surface area contributed by atoms with Crippen LogP contribution in [0.3, 0.4) is 0 Å². The van der Waals surface area contributed by atoms with Gasteiger partial charge in [-0.3, -0.25) is 9.59 Å². The van der Waals surface area contributed by atoms with Crippen LogP contribution in [0.15, 0.2) is 47.6 Å². The summed E-state index contributed by atoms with van der Waals surface area (Å²) in [5, 5.41) is 8.44. The Morgan fingerprint density at radius 2 is 1.71 bits per heavy atom. The van der Waals surface area contributed by atoms with Gasteiger partial charge in [-0.15, -0.1) is 6.58 Å². The Hall–Kier alpha value is -1.90. The summed E-state index contributed by atoms with van der Waals surface area (Å²) >= 11 is 0. The molecule has 0 aromatic carbocycles. The van der Waals surface area contributed by atoms with Crippen molar-refractivity contribution in [1.29, 1.82) is 0 Å². The molecule has 0 aromatic heterocycles. The van der Waals surface area contributed by atoms with Gasteiger partial charge in [0.25, 0.3) is 0 Å². The van der Waals surface area contributed by atoms with Gasteiger partial charge in [0.05, 0.1) is 0 Å². The second kappa shape index (κ2) is 14.1. The molecule has 0 fully saturated rings. The molecular weight excluding hydrogens is 348 g/mol. The average Bonchev–Trinajstić information content (AvgIpc) is 2.58. The van der Waals surface area contributed by atoms with Crippen LogP contribution < -0.4 is 0 Å². The van der Waals surface area contributed by atoms with Crippen LogP contribution in [-0.2, 0) is 9.59 Å². The van der Waals surface area contributed by atoms with E-state index in [9.17, 15) is 9.59 Å². The average molecular weight is 389 g/mol. The lowest BCUT2D eigenvalue weighted by atomic mass is 9.76. The molecule has 0 bridgehead atoms. The number of aliphatic carboxylic acids is 1. The quantitative estimate of drug-likeness (QED) is 0.402. The number of Topliss-reactive ketones (excluding diaryl/α,β-unsaturated/α-hetero) is 1. The third kappa shape index (κ3) is 14.2. The molecule has 0 amide bonds. The second-order valence-corrected chi connectivity index (χ2v) is 8.66. The van der Waals surface area contributed by atoms with E-state index in [4.69, 9.17) is 5.11 Å². The topological polar surface area (TPSA) is 54.4 Å². The van der Waals surface area contributed by atoms with Gasteiger partial charge in [-0.25, -0.2) is 0 Å². The summed E-state index contributed by atoms with van der Waals surface area (Å²) in [4.78, 5) is 22.0. The van der Waals surface area contributed by atoms with Crippen LogP contribution in [0.4, 0.5) is 0 Å². The number of carbonyl (C=O) groups excluding carboxylic acids is 1. The number of hydrogen-bond acceptors (Lipinski definition) is 2. The first-order chi connectivity index (χ1) is 13.1. The molecule has 1 rings (SSSR count). The number of carboxylic acids is 1. The summed E-state index contributed by atoms with van der Waals surface area (Å²) in [5.74, 6) is -0.406. The fourth-order valence-corrected chi connectivity index (χ4v) is 3.05. The molecular formula is C25H40O3. The van der Waals surface area contributed by atoms with E-state index in [0.717, 1.165) is 37.7 Å². The predicted molar refractivity (Wildman–Crippen MR) is 119 cm³/mol. The minimum absolute atomic E-state index is 0.236.